The van der Waals surface area contributed by atoms with Crippen molar-refractivity contribution in [3.63, 3.8) is 0 Å². The van der Waals surface area contributed by atoms with Crippen LogP contribution in [0.1, 0.15) is 75.5 Å². The number of aryl methyl sites for hydroxylation is 3. The first-order valence-corrected chi connectivity index (χ1v) is 18.2. The Morgan fingerprint density at radius 3 is 2.39 bits per heavy atom. The second-order valence-corrected chi connectivity index (χ2v) is 14.2. The fourth-order valence-corrected chi connectivity index (χ4v) is 6.88. The van der Waals surface area contributed by atoms with Crippen molar-refractivity contribution in [3.8, 4) is 5.75 Å². The minimum atomic E-state index is -4.32. The van der Waals surface area contributed by atoms with Crippen LogP contribution in [0, 0.1) is 5.82 Å². The van der Waals surface area contributed by atoms with Crippen LogP contribution in [0.3, 0.4) is 0 Å². The fraction of sp³-hybridized carbons (Fsp3) is 0.350. The van der Waals surface area contributed by atoms with Crippen LogP contribution >= 0.6 is 0 Å². The smallest absolute Gasteiger partial charge is 0.412 e. The predicted octanol–water partition coefficient (Wildman–Crippen LogP) is 11.0. The number of hydrogen-bond acceptors (Lipinski definition) is 3. The molecule has 0 radical (unpaired) electrons. The average molecular weight is 696 g/mol. The van der Waals surface area contributed by atoms with Gasteiger partial charge in [0, 0.05) is 11.6 Å². The van der Waals surface area contributed by atoms with Crippen LogP contribution in [0.4, 0.5) is 23.2 Å². The molecule has 1 N–H and O–H groups in total. The molecule has 0 saturated carbocycles. The summed E-state index contributed by atoms with van der Waals surface area (Å²) in [6.07, 6.45) is 6.38. The van der Waals surface area contributed by atoms with Crippen LogP contribution in [0.5, 0.6) is 5.75 Å². The second-order valence-electron chi connectivity index (χ2n) is 12.5. The van der Waals surface area contributed by atoms with Crippen molar-refractivity contribution in [1.29, 1.82) is 0 Å². The van der Waals surface area contributed by atoms with Crippen molar-refractivity contribution >= 4 is 15.7 Å². The van der Waals surface area contributed by atoms with E-state index in [0.29, 0.717) is 50.9 Å². The number of allylic oxidation sites excluding steroid dienone is 7. The number of benzene rings is 3. The number of alkyl halides is 3. The first-order valence-electron chi connectivity index (χ1n) is 16.8. The zero-order valence-corrected chi connectivity index (χ0v) is 29.0. The number of ether oxygens (including phenoxy) is 1. The van der Waals surface area contributed by atoms with Crippen LogP contribution in [0.25, 0.3) is 0 Å². The molecule has 262 valence electrons. The first-order chi connectivity index (χ1) is 23.3. The third kappa shape index (κ3) is 11.8. The van der Waals surface area contributed by atoms with Gasteiger partial charge >= 0.3 is 6.18 Å². The lowest BCUT2D eigenvalue weighted by Gasteiger charge is -2.15. The van der Waals surface area contributed by atoms with E-state index in [1.807, 2.05) is 50.3 Å². The van der Waals surface area contributed by atoms with Crippen LogP contribution in [-0.2, 0) is 29.3 Å². The summed E-state index contributed by atoms with van der Waals surface area (Å²) in [6.45, 7) is 8.46. The van der Waals surface area contributed by atoms with Crippen molar-refractivity contribution in [2.75, 3.05) is 11.3 Å². The van der Waals surface area contributed by atoms with Crippen molar-refractivity contribution in [2.45, 2.75) is 89.1 Å². The maximum atomic E-state index is 14.9. The third-order valence-corrected chi connectivity index (χ3v) is 9.97. The van der Waals surface area contributed by atoms with Gasteiger partial charge in [0.1, 0.15) is 5.75 Å². The number of anilines is 1. The standard InChI is InChI=1S/C40H45F4NO3S/c1-4-33-19-23-37(49(46,47)45-39-24-22-36(28-38(39)41)48-25-9-14-31-11-6-5-7-12-31)27-34(33)18-15-29(2)10-8-13-32-17-21-35(40(42,43)44)20-16-30(3)26-32/h5-7,11-12,17,19,21-24,26-28,45H,2,4,8-10,13-16,18,20,25H2,1,3H3. The van der Waals surface area contributed by atoms with Gasteiger partial charge in [-0.3, -0.25) is 4.72 Å². The highest BCUT2D eigenvalue weighted by Gasteiger charge is 2.32. The van der Waals surface area contributed by atoms with Crippen molar-refractivity contribution in [2.24, 2.45) is 0 Å². The summed E-state index contributed by atoms with van der Waals surface area (Å²) >= 11 is 0. The van der Waals surface area contributed by atoms with E-state index >= 15 is 0 Å². The highest BCUT2D eigenvalue weighted by Crippen LogP contribution is 2.32. The van der Waals surface area contributed by atoms with E-state index in [9.17, 15) is 26.0 Å². The molecule has 0 aliphatic heterocycles. The molecule has 4 rings (SSSR count). The molecule has 0 atom stereocenters. The Morgan fingerprint density at radius 2 is 1.67 bits per heavy atom. The normalized spacial score (nSPS) is 13.9. The summed E-state index contributed by atoms with van der Waals surface area (Å²) < 4.78 is 89.4. The topological polar surface area (TPSA) is 55.4 Å². The third-order valence-electron chi connectivity index (χ3n) is 8.60. The minimum Gasteiger partial charge on any atom is -0.493 e. The molecule has 0 aromatic heterocycles. The Balaban J connectivity index is 1.31. The molecule has 9 heteroatoms. The fourth-order valence-electron chi connectivity index (χ4n) is 5.76. The lowest BCUT2D eigenvalue weighted by atomic mass is 9.94. The Kier molecular flexibility index (Phi) is 13.5. The summed E-state index contributed by atoms with van der Waals surface area (Å²) in [5.74, 6) is -0.410. The van der Waals surface area contributed by atoms with Gasteiger partial charge < -0.3 is 4.74 Å². The van der Waals surface area contributed by atoms with E-state index in [2.05, 4.69) is 11.3 Å². The second kappa shape index (κ2) is 17.5. The molecule has 0 bridgehead atoms. The van der Waals surface area contributed by atoms with Gasteiger partial charge in [-0.1, -0.05) is 79.3 Å². The van der Waals surface area contributed by atoms with Crippen LogP contribution in [0.2, 0.25) is 0 Å². The molecule has 0 unspecified atom stereocenters. The first kappa shape index (κ1) is 37.7. The maximum Gasteiger partial charge on any atom is 0.412 e. The summed E-state index contributed by atoms with van der Waals surface area (Å²) in [5, 5.41) is 0. The van der Waals surface area contributed by atoms with E-state index in [0.717, 1.165) is 47.1 Å². The number of hydrogen-bond donors (Lipinski definition) is 1. The van der Waals surface area contributed by atoms with Gasteiger partial charge in [-0.05, 0) is 118 Å². The largest absolute Gasteiger partial charge is 0.493 e. The number of nitrogens with one attached hydrogen (secondary N) is 1. The van der Waals surface area contributed by atoms with E-state index < -0.39 is 27.6 Å². The summed E-state index contributed by atoms with van der Waals surface area (Å²) in [4.78, 5) is 0.0376. The van der Waals surface area contributed by atoms with Crippen LogP contribution in [0.15, 0.2) is 119 Å². The molecule has 0 heterocycles. The van der Waals surface area contributed by atoms with Crippen molar-refractivity contribution < 1.29 is 30.7 Å². The van der Waals surface area contributed by atoms with Crippen LogP contribution < -0.4 is 9.46 Å². The highest BCUT2D eigenvalue weighted by atomic mass is 32.2. The van der Waals surface area contributed by atoms with Gasteiger partial charge in [-0.2, -0.15) is 13.2 Å². The SMILES string of the molecule is C=C(CCCC1=CC=C(C(F)(F)F)CCC(C)=C1)CCc1cc(S(=O)(=O)Nc2ccc(OCCCc3ccccc3)cc2F)ccc1CC. The van der Waals surface area contributed by atoms with E-state index in [1.165, 1.54) is 29.8 Å². The molecule has 0 amide bonds. The minimum absolute atomic E-state index is 0.0135. The van der Waals surface area contributed by atoms with Gasteiger partial charge in [0.05, 0.1) is 17.2 Å². The Labute approximate surface area is 288 Å². The highest BCUT2D eigenvalue weighted by molar-refractivity contribution is 7.92. The molecule has 0 spiro atoms. The Bertz CT molecular complexity index is 1790. The molecular formula is C40H45F4NO3S. The van der Waals surface area contributed by atoms with E-state index in [4.69, 9.17) is 4.74 Å². The van der Waals surface area contributed by atoms with Gasteiger partial charge in [0.15, 0.2) is 5.82 Å². The van der Waals surface area contributed by atoms with Gasteiger partial charge in [-0.15, -0.1) is 0 Å². The van der Waals surface area contributed by atoms with Crippen LogP contribution in [-0.4, -0.2) is 21.2 Å². The zero-order valence-electron chi connectivity index (χ0n) is 28.2. The molecule has 3 aromatic carbocycles. The van der Waals surface area contributed by atoms with Crippen molar-refractivity contribution in [3.05, 3.63) is 136 Å². The summed E-state index contributed by atoms with van der Waals surface area (Å²) in [6, 6.07) is 19.0. The number of halogens is 4. The monoisotopic (exact) mass is 695 g/mol. The van der Waals surface area contributed by atoms with Gasteiger partial charge in [0.25, 0.3) is 10.0 Å². The maximum absolute atomic E-state index is 14.9. The Morgan fingerprint density at radius 1 is 0.898 bits per heavy atom. The summed E-state index contributed by atoms with van der Waals surface area (Å²) in [7, 11) is -4.08. The molecule has 49 heavy (non-hydrogen) atoms. The van der Waals surface area contributed by atoms with E-state index in [1.54, 1.807) is 24.3 Å². The van der Waals surface area contributed by atoms with Gasteiger partial charge in [-0.25, -0.2) is 12.8 Å². The molecule has 1 aliphatic rings. The molecule has 4 nitrogen and oxygen atoms in total. The molecule has 1 aliphatic carbocycles. The lowest BCUT2D eigenvalue weighted by Crippen LogP contribution is -2.15. The molecule has 0 fully saturated rings. The van der Waals surface area contributed by atoms with E-state index in [-0.39, 0.29) is 17.0 Å². The van der Waals surface area contributed by atoms with Crippen molar-refractivity contribution in [1.82, 2.24) is 0 Å². The predicted molar refractivity (Wildman–Crippen MR) is 190 cm³/mol. The zero-order chi connectivity index (χ0) is 35.4. The quantitative estimate of drug-likeness (QED) is 0.0922. The number of sulfonamides is 1. The van der Waals surface area contributed by atoms with Gasteiger partial charge in [0.2, 0.25) is 0 Å². The lowest BCUT2D eigenvalue weighted by molar-refractivity contribution is -0.0939. The molecular weight excluding hydrogens is 651 g/mol. The summed E-state index contributed by atoms with van der Waals surface area (Å²) in [5.41, 5.74) is 5.18. The number of rotatable bonds is 16. The Hall–Kier alpha value is -4.11. The molecule has 3 aromatic rings. The molecule has 0 saturated heterocycles. The average Bonchev–Trinajstić information content (AvgIpc) is 3.05.